The number of benzene rings is 3. The Morgan fingerprint density at radius 3 is 2.48 bits per heavy atom. The summed E-state index contributed by atoms with van der Waals surface area (Å²) in [6, 6.07) is 15.4. The minimum absolute atomic E-state index is 0.0268. The van der Waals surface area contributed by atoms with Gasteiger partial charge in [-0.05, 0) is 49.4 Å². The number of aryl methyl sites for hydroxylation is 1. The fraction of sp³-hybridized carbons (Fsp3) is 0.174. The Bertz CT molecular complexity index is 1080. The van der Waals surface area contributed by atoms with E-state index in [4.69, 9.17) is 21.1 Å². The summed E-state index contributed by atoms with van der Waals surface area (Å²) >= 11 is 9.37. The lowest BCUT2D eigenvalue weighted by atomic mass is 10.1. The Kier molecular flexibility index (Phi) is 7.76. The summed E-state index contributed by atoms with van der Waals surface area (Å²) in [7, 11) is 1.53. The van der Waals surface area contributed by atoms with Gasteiger partial charge in [-0.25, -0.2) is 4.39 Å². The van der Waals surface area contributed by atoms with Gasteiger partial charge in [0.1, 0.15) is 5.82 Å². The van der Waals surface area contributed by atoms with E-state index in [0.717, 1.165) is 15.6 Å². The Labute approximate surface area is 193 Å². The normalized spacial score (nSPS) is 10.5. The zero-order valence-corrected chi connectivity index (χ0v) is 19.3. The van der Waals surface area contributed by atoms with E-state index in [2.05, 4.69) is 26.6 Å². The maximum absolute atomic E-state index is 13.4. The second-order valence-corrected chi connectivity index (χ2v) is 8.00. The third-order valence-electron chi connectivity index (χ3n) is 4.46. The van der Waals surface area contributed by atoms with Gasteiger partial charge in [-0.2, -0.15) is 0 Å². The van der Waals surface area contributed by atoms with Crippen LogP contribution in [-0.4, -0.2) is 19.6 Å². The molecule has 0 saturated carbocycles. The molecule has 0 aromatic heterocycles. The first-order chi connectivity index (χ1) is 14.9. The molecule has 3 aromatic rings. The van der Waals surface area contributed by atoms with Gasteiger partial charge in [-0.3, -0.25) is 4.79 Å². The van der Waals surface area contributed by atoms with Crippen LogP contribution in [0.5, 0.6) is 11.5 Å². The van der Waals surface area contributed by atoms with Gasteiger partial charge < -0.3 is 20.1 Å². The van der Waals surface area contributed by atoms with Crippen molar-refractivity contribution in [3.63, 3.8) is 0 Å². The number of nitrogens with one attached hydrogen (secondary N) is 2. The molecule has 0 aliphatic heterocycles. The van der Waals surface area contributed by atoms with E-state index in [1.165, 1.54) is 19.2 Å². The van der Waals surface area contributed by atoms with Crippen LogP contribution in [-0.2, 0) is 11.3 Å². The molecule has 8 heteroatoms. The quantitative estimate of drug-likeness (QED) is 0.382. The number of hydrogen-bond acceptors (Lipinski definition) is 4. The summed E-state index contributed by atoms with van der Waals surface area (Å²) < 4.78 is 25.4. The molecule has 0 heterocycles. The molecule has 5 nitrogen and oxygen atoms in total. The molecule has 0 fully saturated rings. The summed E-state index contributed by atoms with van der Waals surface area (Å²) in [4.78, 5) is 12.4. The third kappa shape index (κ3) is 6.12. The highest BCUT2D eigenvalue weighted by Crippen LogP contribution is 2.37. The Hall–Kier alpha value is -2.77. The van der Waals surface area contributed by atoms with Gasteiger partial charge in [0.15, 0.2) is 18.1 Å². The number of carbonyl (C=O) groups excluding carboxylic acids is 1. The molecule has 0 atom stereocenters. The molecule has 0 saturated heterocycles. The number of halogens is 3. The van der Waals surface area contributed by atoms with Crippen LogP contribution in [0.4, 0.5) is 15.8 Å². The average molecular weight is 508 g/mol. The third-order valence-corrected chi connectivity index (χ3v) is 5.49. The maximum atomic E-state index is 13.4. The van der Waals surface area contributed by atoms with E-state index >= 15 is 0 Å². The molecule has 3 rings (SSSR count). The van der Waals surface area contributed by atoms with Gasteiger partial charge >= 0.3 is 0 Å². The zero-order valence-electron chi connectivity index (χ0n) is 17.0. The van der Waals surface area contributed by atoms with Crippen LogP contribution >= 0.6 is 27.5 Å². The molecule has 31 heavy (non-hydrogen) atoms. The van der Waals surface area contributed by atoms with E-state index in [9.17, 15) is 9.18 Å². The van der Waals surface area contributed by atoms with E-state index in [1.54, 1.807) is 12.1 Å². The van der Waals surface area contributed by atoms with Crippen molar-refractivity contribution in [2.24, 2.45) is 0 Å². The number of amides is 1. The molecule has 3 aromatic carbocycles. The van der Waals surface area contributed by atoms with Crippen LogP contribution in [0.1, 0.15) is 11.1 Å². The summed E-state index contributed by atoms with van der Waals surface area (Å²) in [6.45, 7) is 2.11. The molecule has 0 spiro atoms. The largest absolute Gasteiger partial charge is 0.493 e. The van der Waals surface area contributed by atoms with Gasteiger partial charge in [0, 0.05) is 28.0 Å². The van der Waals surface area contributed by atoms with Gasteiger partial charge in [0.25, 0.3) is 5.91 Å². The first kappa shape index (κ1) is 22.9. The highest BCUT2D eigenvalue weighted by Gasteiger charge is 2.16. The van der Waals surface area contributed by atoms with Crippen molar-refractivity contribution in [2.45, 2.75) is 13.5 Å². The number of anilines is 2. The number of methoxy groups -OCH3 is 1. The van der Waals surface area contributed by atoms with Crippen LogP contribution < -0.4 is 20.1 Å². The predicted molar refractivity (Wildman–Crippen MR) is 125 cm³/mol. The van der Waals surface area contributed by atoms with E-state index < -0.39 is 5.82 Å². The molecule has 0 aliphatic rings. The predicted octanol–water partition coefficient (Wildman–Crippen LogP) is 6.19. The fourth-order valence-corrected chi connectivity index (χ4v) is 3.47. The van der Waals surface area contributed by atoms with Gasteiger partial charge in [0.05, 0.1) is 12.1 Å². The average Bonchev–Trinajstić information content (AvgIpc) is 2.75. The van der Waals surface area contributed by atoms with E-state index in [-0.39, 0.29) is 17.5 Å². The van der Waals surface area contributed by atoms with Crippen molar-refractivity contribution < 1.29 is 18.7 Å². The minimum Gasteiger partial charge on any atom is -0.493 e. The highest BCUT2D eigenvalue weighted by atomic mass is 79.9. The molecule has 0 aliphatic carbocycles. The molecule has 0 bridgehead atoms. The summed E-state index contributed by atoms with van der Waals surface area (Å²) in [6.07, 6.45) is 0. The molecule has 162 valence electrons. The summed E-state index contributed by atoms with van der Waals surface area (Å²) in [5.74, 6) is 0.130. The van der Waals surface area contributed by atoms with Crippen LogP contribution in [0.3, 0.4) is 0 Å². The monoisotopic (exact) mass is 506 g/mol. The van der Waals surface area contributed by atoms with Crippen LogP contribution in [0.15, 0.2) is 59.1 Å². The molecular weight excluding hydrogens is 487 g/mol. The van der Waals surface area contributed by atoms with Crippen molar-refractivity contribution in [1.82, 2.24) is 0 Å². The van der Waals surface area contributed by atoms with Gasteiger partial charge in [0.2, 0.25) is 0 Å². The number of rotatable bonds is 8. The topological polar surface area (TPSA) is 59.6 Å². The first-order valence-electron chi connectivity index (χ1n) is 9.41. The van der Waals surface area contributed by atoms with E-state index in [0.29, 0.717) is 29.4 Å². The molecule has 1 amide bonds. The smallest absolute Gasteiger partial charge is 0.262 e. The number of hydrogen-bond donors (Lipinski definition) is 2. The van der Waals surface area contributed by atoms with Crippen LogP contribution in [0.25, 0.3) is 0 Å². The van der Waals surface area contributed by atoms with Crippen molar-refractivity contribution in [1.29, 1.82) is 0 Å². The van der Waals surface area contributed by atoms with Crippen molar-refractivity contribution in [3.8, 4) is 11.5 Å². The van der Waals surface area contributed by atoms with Crippen molar-refractivity contribution >= 4 is 44.8 Å². The van der Waals surface area contributed by atoms with Gasteiger partial charge in [-0.1, -0.05) is 45.2 Å². The Balaban J connectivity index is 1.73. The Morgan fingerprint density at radius 2 is 1.81 bits per heavy atom. The van der Waals surface area contributed by atoms with Crippen molar-refractivity contribution in [3.05, 3.63) is 81.0 Å². The van der Waals surface area contributed by atoms with Crippen molar-refractivity contribution in [2.75, 3.05) is 24.4 Å². The maximum Gasteiger partial charge on any atom is 0.262 e. The lowest BCUT2D eigenvalue weighted by Crippen LogP contribution is -2.21. The van der Waals surface area contributed by atoms with Gasteiger partial charge in [-0.15, -0.1) is 0 Å². The fourth-order valence-electron chi connectivity index (χ4n) is 2.83. The standard InChI is InChI=1S/C23H21BrClFN2O3/c1-14-3-5-15(6-4-14)28-22(29)13-31-23-17(18(24)8-10-21(23)30-2)12-27-16-7-9-20(26)19(25)11-16/h3-11,27H,12-13H2,1-2H3,(H,28,29). The van der Waals surface area contributed by atoms with E-state index in [1.807, 2.05) is 37.3 Å². The zero-order chi connectivity index (χ0) is 22.4. The summed E-state index contributed by atoms with van der Waals surface area (Å²) in [5, 5.41) is 6.00. The molecule has 0 unspecified atom stereocenters. The van der Waals surface area contributed by atoms with Crippen LogP contribution in [0, 0.1) is 12.7 Å². The number of ether oxygens (including phenoxy) is 2. The number of carbonyl (C=O) groups is 1. The lowest BCUT2D eigenvalue weighted by molar-refractivity contribution is -0.118. The molecular formula is C23H21BrClFN2O3. The minimum atomic E-state index is -0.488. The second-order valence-electron chi connectivity index (χ2n) is 6.74. The van der Waals surface area contributed by atoms with Crippen LogP contribution in [0.2, 0.25) is 5.02 Å². The molecule has 2 N–H and O–H groups in total. The summed E-state index contributed by atoms with van der Waals surface area (Å²) in [5.41, 5.74) is 3.18. The highest BCUT2D eigenvalue weighted by molar-refractivity contribution is 9.10. The Morgan fingerprint density at radius 1 is 1.10 bits per heavy atom. The molecule has 0 radical (unpaired) electrons. The second kappa shape index (κ2) is 10.5. The lowest BCUT2D eigenvalue weighted by Gasteiger charge is -2.17. The SMILES string of the molecule is COc1ccc(Br)c(CNc2ccc(F)c(Cl)c2)c1OCC(=O)Nc1ccc(C)cc1. The first-order valence-corrected chi connectivity index (χ1v) is 10.6.